The van der Waals surface area contributed by atoms with Crippen LogP contribution in [0.2, 0.25) is 0 Å². The Bertz CT molecular complexity index is 917. The normalized spacial score (nSPS) is 12.8. The molecule has 4 amide bonds. The van der Waals surface area contributed by atoms with E-state index in [4.69, 9.17) is 10.5 Å². The molecule has 0 saturated carbocycles. The van der Waals surface area contributed by atoms with Crippen molar-refractivity contribution < 1.29 is 23.9 Å². The molecule has 4 N–H and O–H groups in total. The van der Waals surface area contributed by atoms with Crippen LogP contribution in [0.1, 0.15) is 58.2 Å². The standard InChI is InChI=1S/C23H33N5O5/c1-14(2)26-20(30)19(16-10-8-7-9-15(16)3)28(12-11-24)21(31)17(13-18(25)29)27-22(32)33-23(4,5)6/h7-10,14,17,19H,12-13H2,1-6H3,(H2,25,29)(H,26,30)(H,27,32). The summed E-state index contributed by atoms with van der Waals surface area (Å²) in [5.41, 5.74) is 5.68. The molecular weight excluding hydrogens is 426 g/mol. The zero-order valence-electron chi connectivity index (χ0n) is 20.0. The average molecular weight is 460 g/mol. The fraction of sp³-hybridized carbons (Fsp3) is 0.522. The number of alkyl carbamates (subject to hydrolysis) is 1. The average Bonchev–Trinajstić information content (AvgIpc) is 2.65. The predicted molar refractivity (Wildman–Crippen MR) is 121 cm³/mol. The Morgan fingerprint density at radius 2 is 1.76 bits per heavy atom. The molecule has 0 heterocycles. The van der Waals surface area contributed by atoms with Gasteiger partial charge in [-0.2, -0.15) is 5.26 Å². The van der Waals surface area contributed by atoms with Crippen LogP contribution >= 0.6 is 0 Å². The number of carbonyl (C=O) groups is 4. The Morgan fingerprint density at radius 1 is 1.15 bits per heavy atom. The fourth-order valence-electron chi connectivity index (χ4n) is 3.13. The number of nitrogens with two attached hydrogens (primary N) is 1. The van der Waals surface area contributed by atoms with E-state index < -0.39 is 54.5 Å². The fourth-order valence-corrected chi connectivity index (χ4v) is 3.13. The molecule has 2 unspecified atom stereocenters. The van der Waals surface area contributed by atoms with Gasteiger partial charge in [-0.05, 0) is 52.7 Å². The first-order valence-corrected chi connectivity index (χ1v) is 10.6. The second kappa shape index (κ2) is 11.9. The minimum absolute atomic E-state index is 0.232. The highest BCUT2D eigenvalue weighted by Gasteiger charge is 2.37. The third-order valence-electron chi connectivity index (χ3n) is 4.39. The van der Waals surface area contributed by atoms with Crippen LogP contribution in [0, 0.1) is 18.3 Å². The van der Waals surface area contributed by atoms with Gasteiger partial charge in [0.2, 0.25) is 17.7 Å². The molecule has 0 radical (unpaired) electrons. The van der Waals surface area contributed by atoms with Crippen LogP contribution in [0.5, 0.6) is 0 Å². The van der Waals surface area contributed by atoms with E-state index in [0.29, 0.717) is 5.56 Å². The van der Waals surface area contributed by atoms with Crippen LogP contribution < -0.4 is 16.4 Å². The van der Waals surface area contributed by atoms with Crippen molar-refractivity contribution in [1.29, 1.82) is 5.26 Å². The molecule has 0 bridgehead atoms. The SMILES string of the molecule is Cc1ccccc1C(C(=O)NC(C)C)N(CC#N)C(=O)C(CC(N)=O)NC(=O)OC(C)(C)C. The first-order chi connectivity index (χ1) is 15.3. The topological polar surface area (TPSA) is 155 Å². The van der Waals surface area contributed by atoms with Gasteiger partial charge in [-0.15, -0.1) is 0 Å². The van der Waals surface area contributed by atoms with E-state index in [-0.39, 0.29) is 6.04 Å². The number of nitrogens with one attached hydrogen (secondary N) is 2. The zero-order valence-corrected chi connectivity index (χ0v) is 20.0. The van der Waals surface area contributed by atoms with Gasteiger partial charge in [0.05, 0.1) is 12.5 Å². The smallest absolute Gasteiger partial charge is 0.408 e. The van der Waals surface area contributed by atoms with Crippen LogP contribution in [0.25, 0.3) is 0 Å². The first kappa shape index (κ1) is 27.4. The number of hydrogen-bond donors (Lipinski definition) is 3. The van der Waals surface area contributed by atoms with Crippen LogP contribution in [0.3, 0.4) is 0 Å². The highest BCUT2D eigenvalue weighted by molar-refractivity contribution is 5.94. The van der Waals surface area contributed by atoms with Crippen molar-refractivity contribution in [2.45, 2.75) is 71.7 Å². The quantitative estimate of drug-likeness (QED) is 0.477. The van der Waals surface area contributed by atoms with Gasteiger partial charge in [0.1, 0.15) is 24.2 Å². The van der Waals surface area contributed by atoms with Gasteiger partial charge in [-0.25, -0.2) is 4.79 Å². The Hall–Kier alpha value is -3.61. The van der Waals surface area contributed by atoms with Crippen LogP contribution in [0.15, 0.2) is 24.3 Å². The lowest BCUT2D eigenvalue weighted by atomic mass is 9.97. The van der Waals surface area contributed by atoms with E-state index in [1.807, 2.05) is 6.07 Å². The van der Waals surface area contributed by atoms with Gasteiger partial charge >= 0.3 is 6.09 Å². The number of ether oxygens (including phenoxy) is 1. The zero-order chi connectivity index (χ0) is 25.3. The van der Waals surface area contributed by atoms with Gasteiger partial charge in [0.15, 0.2) is 0 Å². The molecule has 0 spiro atoms. The van der Waals surface area contributed by atoms with Crippen molar-refractivity contribution in [3.63, 3.8) is 0 Å². The van der Waals surface area contributed by atoms with E-state index in [1.165, 1.54) is 0 Å². The monoisotopic (exact) mass is 459 g/mol. The number of amides is 4. The lowest BCUT2D eigenvalue weighted by molar-refractivity contribution is -0.142. The van der Waals surface area contributed by atoms with Crippen LogP contribution in [-0.4, -0.2) is 52.9 Å². The summed E-state index contributed by atoms with van der Waals surface area (Å²) in [4.78, 5) is 51.7. The number of primary amides is 1. The van der Waals surface area contributed by atoms with E-state index in [1.54, 1.807) is 65.8 Å². The lowest BCUT2D eigenvalue weighted by Crippen LogP contribution is -2.54. The van der Waals surface area contributed by atoms with E-state index in [9.17, 15) is 24.4 Å². The number of rotatable bonds is 9. The second-order valence-corrected chi connectivity index (χ2v) is 8.92. The largest absolute Gasteiger partial charge is 0.444 e. The number of nitriles is 1. The third-order valence-corrected chi connectivity index (χ3v) is 4.39. The van der Waals surface area contributed by atoms with Gasteiger partial charge in [-0.3, -0.25) is 14.4 Å². The van der Waals surface area contributed by atoms with Gasteiger partial charge in [0.25, 0.3) is 0 Å². The molecule has 1 rings (SSSR count). The number of aryl methyl sites for hydroxylation is 1. The number of nitrogens with zero attached hydrogens (tertiary/aromatic N) is 2. The molecule has 180 valence electrons. The van der Waals surface area contributed by atoms with E-state index in [2.05, 4.69) is 10.6 Å². The van der Waals surface area contributed by atoms with Crippen molar-refractivity contribution in [3.05, 3.63) is 35.4 Å². The molecule has 1 aromatic rings. The number of carbonyl (C=O) groups excluding carboxylic acids is 4. The van der Waals surface area contributed by atoms with Gasteiger partial charge < -0.3 is 26.0 Å². The maximum atomic E-state index is 13.5. The summed E-state index contributed by atoms with van der Waals surface area (Å²) in [5, 5.41) is 14.6. The second-order valence-electron chi connectivity index (χ2n) is 8.92. The summed E-state index contributed by atoms with van der Waals surface area (Å²) in [5.74, 6) is -2.16. The minimum Gasteiger partial charge on any atom is -0.444 e. The molecule has 1 aromatic carbocycles. The molecule has 0 fully saturated rings. The summed E-state index contributed by atoms with van der Waals surface area (Å²) >= 11 is 0. The molecule has 0 aliphatic rings. The summed E-state index contributed by atoms with van der Waals surface area (Å²) in [7, 11) is 0. The van der Waals surface area contributed by atoms with Crippen molar-refractivity contribution in [1.82, 2.24) is 15.5 Å². The Kier molecular flexibility index (Phi) is 9.85. The van der Waals surface area contributed by atoms with Gasteiger partial charge in [-0.1, -0.05) is 24.3 Å². The lowest BCUT2D eigenvalue weighted by Gasteiger charge is -2.33. The summed E-state index contributed by atoms with van der Waals surface area (Å²) in [6.07, 6.45) is -1.47. The molecule has 0 aliphatic heterocycles. The molecule has 0 aliphatic carbocycles. The first-order valence-electron chi connectivity index (χ1n) is 10.6. The van der Waals surface area contributed by atoms with Crippen molar-refractivity contribution in [2.24, 2.45) is 5.73 Å². The van der Waals surface area contributed by atoms with E-state index in [0.717, 1.165) is 10.5 Å². The van der Waals surface area contributed by atoms with Crippen molar-refractivity contribution >= 4 is 23.8 Å². The highest BCUT2D eigenvalue weighted by atomic mass is 16.6. The summed E-state index contributed by atoms with van der Waals surface area (Å²) < 4.78 is 5.19. The van der Waals surface area contributed by atoms with Crippen molar-refractivity contribution in [3.8, 4) is 6.07 Å². The molecular formula is C23H33N5O5. The van der Waals surface area contributed by atoms with Crippen molar-refractivity contribution in [2.75, 3.05) is 6.54 Å². The highest BCUT2D eigenvalue weighted by Crippen LogP contribution is 2.26. The Labute approximate surface area is 194 Å². The van der Waals surface area contributed by atoms with E-state index >= 15 is 0 Å². The number of hydrogen-bond acceptors (Lipinski definition) is 6. The maximum absolute atomic E-state index is 13.5. The minimum atomic E-state index is -1.43. The molecule has 10 nitrogen and oxygen atoms in total. The number of benzene rings is 1. The van der Waals surface area contributed by atoms with Crippen LogP contribution in [-0.2, 0) is 19.1 Å². The Morgan fingerprint density at radius 3 is 2.24 bits per heavy atom. The third kappa shape index (κ3) is 8.80. The summed E-state index contributed by atoms with van der Waals surface area (Å²) in [6.45, 7) is 9.78. The molecule has 2 atom stereocenters. The maximum Gasteiger partial charge on any atom is 0.408 e. The molecule has 33 heavy (non-hydrogen) atoms. The Balaban J connectivity index is 3.46. The predicted octanol–water partition coefficient (Wildman–Crippen LogP) is 1.68. The molecule has 0 aromatic heterocycles. The van der Waals surface area contributed by atoms with Gasteiger partial charge in [0, 0.05) is 6.04 Å². The van der Waals surface area contributed by atoms with Crippen LogP contribution in [0.4, 0.5) is 4.79 Å². The summed E-state index contributed by atoms with van der Waals surface area (Å²) in [6, 6.07) is 6.02. The molecule has 10 heteroatoms. The molecule has 0 saturated heterocycles.